The predicted octanol–water partition coefficient (Wildman–Crippen LogP) is 4.29. The Balaban J connectivity index is 1.47. The van der Waals surface area contributed by atoms with Crippen LogP contribution in [-0.4, -0.2) is 92.5 Å². The van der Waals surface area contributed by atoms with Gasteiger partial charge in [-0.2, -0.15) is 8.78 Å². The van der Waals surface area contributed by atoms with Gasteiger partial charge in [0, 0.05) is 39.0 Å². The molecule has 15 nitrogen and oxygen atoms in total. The zero-order valence-electron chi connectivity index (χ0n) is 33.7. The van der Waals surface area contributed by atoms with Crippen LogP contribution in [0, 0.1) is 29.1 Å². The van der Waals surface area contributed by atoms with E-state index in [1.54, 1.807) is 36.4 Å². The largest absolute Gasteiger partial charge is 0.463 e. The summed E-state index contributed by atoms with van der Waals surface area (Å²) in [6.45, 7) is -6.77. The fourth-order valence-corrected chi connectivity index (χ4v) is 6.17. The molecule has 1 N–H and O–H groups in total. The van der Waals surface area contributed by atoms with Gasteiger partial charge >= 0.3 is 35.9 Å². The number of fused-ring (bicyclic) bond motifs is 3. The number of rotatable bonds is 13. The van der Waals surface area contributed by atoms with Gasteiger partial charge in [0.25, 0.3) is 0 Å². The monoisotopic (exact) mass is 827 g/mol. The van der Waals surface area contributed by atoms with Crippen molar-refractivity contribution in [2.45, 2.75) is 70.3 Å². The summed E-state index contributed by atoms with van der Waals surface area (Å²) in [6.07, 6.45) is -11.5. The molecule has 6 atom stereocenters. The minimum absolute atomic E-state index is 0.378. The Morgan fingerprint density at radius 3 is 1.76 bits per heavy atom. The number of halogens is 5. The molecule has 20 heteroatoms. The van der Waals surface area contributed by atoms with Crippen molar-refractivity contribution in [3.8, 4) is 16.9 Å². The van der Waals surface area contributed by atoms with Crippen LogP contribution in [0.4, 0.5) is 26.7 Å². The first kappa shape index (κ1) is 37.4. The summed E-state index contributed by atoms with van der Waals surface area (Å²) in [5.74, 6) is -22.5. The highest BCUT2D eigenvalue weighted by Gasteiger charge is 2.53. The standard InChI is InChI=1S/C38H34F5NO14/c1-16(45)51-15-26-32(54-17(2)46)34(55-18(3)47)35(56-19(4)48)37(57-26)52-14-25(36(49)58-33-30(42)28(40)27(39)29(41)31(33)43)44-38(50)53-13-24-22-11-7-5-9-20(22)21-10-6-8-12-23(21)24/h5-12,24-26,32,34-35,37H,13-15H2,1-4H3,(H,44,50)/t25-,26+,32+,34-,35+,37?/m0/s1/i1D,2D,3D,4D. The first-order valence-electron chi connectivity index (χ1n) is 19.5. The van der Waals surface area contributed by atoms with Gasteiger partial charge in [-0.3, -0.25) is 19.2 Å². The first-order valence-corrected chi connectivity index (χ1v) is 16.7. The second kappa shape index (κ2) is 18.4. The van der Waals surface area contributed by atoms with Crippen molar-refractivity contribution in [3.63, 3.8) is 0 Å². The van der Waals surface area contributed by atoms with Crippen LogP contribution >= 0.6 is 0 Å². The highest BCUT2D eigenvalue weighted by atomic mass is 19.2. The van der Waals surface area contributed by atoms with Gasteiger partial charge in [0.15, 0.2) is 30.6 Å². The third-order valence-electron chi connectivity index (χ3n) is 8.52. The molecule has 0 aromatic heterocycles. The Hall–Kier alpha value is -6.15. The van der Waals surface area contributed by atoms with Crippen LogP contribution in [0.1, 0.15) is 50.1 Å². The van der Waals surface area contributed by atoms with E-state index in [0.29, 0.717) is 0 Å². The molecular weight excluding hydrogens is 789 g/mol. The van der Waals surface area contributed by atoms with Crippen LogP contribution in [0.15, 0.2) is 48.5 Å². The predicted molar refractivity (Wildman–Crippen MR) is 182 cm³/mol. The number of hydrogen-bond acceptors (Lipinski definition) is 14. The number of esters is 5. The Bertz CT molecular complexity index is 2120. The average Bonchev–Trinajstić information content (AvgIpc) is 3.60. The van der Waals surface area contributed by atoms with Crippen LogP contribution in [-0.2, 0) is 57.1 Å². The Morgan fingerprint density at radius 1 is 0.672 bits per heavy atom. The van der Waals surface area contributed by atoms with Crippen molar-refractivity contribution >= 4 is 35.9 Å². The van der Waals surface area contributed by atoms with Crippen molar-refractivity contribution in [3.05, 3.63) is 88.7 Å². The maximum Gasteiger partial charge on any atom is 0.407 e. The SMILES string of the molecule is [2H]CC(=O)OC[C@H]1OC(OC[C@H](NC(=O)OCC2c3ccccc3-c3ccccc32)C(=O)Oc2c(F)c(F)c(F)c(F)c2F)[C@H](OC(=O)C[2H])[C@@H](OC(=O)C[2H])[C@@H]1OC(=O)C[2H]. The summed E-state index contributed by atoms with van der Waals surface area (Å²) < 4.78 is 143. The van der Waals surface area contributed by atoms with Crippen LogP contribution in [0.25, 0.3) is 11.1 Å². The molecule has 5 rings (SSSR count). The summed E-state index contributed by atoms with van der Waals surface area (Å²) in [5.41, 5.74) is 3.17. The number of carbonyl (C=O) groups is 6. The Kier molecular flexibility index (Phi) is 11.9. The van der Waals surface area contributed by atoms with Crippen molar-refractivity contribution in [1.82, 2.24) is 5.32 Å². The van der Waals surface area contributed by atoms with Gasteiger partial charge in [-0.1, -0.05) is 48.5 Å². The zero-order chi connectivity index (χ0) is 45.2. The minimum Gasteiger partial charge on any atom is -0.463 e. The number of nitrogens with one attached hydrogen (secondary N) is 1. The van der Waals surface area contributed by atoms with E-state index in [1.807, 2.05) is 17.4 Å². The second-order valence-corrected chi connectivity index (χ2v) is 12.3. The molecule has 1 saturated heterocycles. The number of alkyl carbamates (subject to hydrolysis) is 1. The van der Waals surface area contributed by atoms with Crippen LogP contribution in [0.5, 0.6) is 5.75 Å². The molecule has 1 unspecified atom stereocenters. The normalized spacial score (nSPS) is 21.0. The number of ether oxygens (including phenoxy) is 8. The van der Waals surface area contributed by atoms with Gasteiger partial charge < -0.3 is 43.2 Å². The number of benzene rings is 3. The third-order valence-corrected chi connectivity index (χ3v) is 8.52. The highest BCUT2D eigenvalue weighted by Crippen LogP contribution is 2.44. The van der Waals surface area contributed by atoms with Gasteiger partial charge in [-0.15, -0.1) is 0 Å². The third kappa shape index (κ3) is 9.68. The van der Waals surface area contributed by atoms with Crippen molar-refractivity contribution in [2.24, 2.45) is 0 Å². The average molecular weight is 828 g/mol. The molecular formula is C38H34F5NO14. The van der Waals surface area contributed by atoms with E-state index in [0.717, 1.165) is 22.3 Å². The van der Waals surface area contributed by atoms with E-state index in [2.05, 4.69) is 4.74 Å². The topological polar surface area (TPSA) is 188 Å². The summed E-state index contributed by atoms with van der Waals surface area (Å²) in [7, 11) is 0. The maximum absolute atomic E-state index is 14.7. The Morgan fingerprint density at radius 2 is 1.19 bits per heavy atom. The lowest BCUT2D eigenvalue weighted by Crippen LogP contribution is -2.63. The van der Waals surface area contributed by atoms with Crippen LogP contribution in [0.3, 0.4) is 0 Å². The summed E-state index contributed by atoms with van der Waals surface area (Å²) in [4.78, 5) is 76.1. The van der Waals surface area contributed by atoms with E-state index in [9.17, 15) is 50.7 Å². The molecule has 2 aliphatic rings. The smallest absolute Gasteiger partial charge is 0.407 e. The highest BCUT2D eigenvalue weighted by molar-refractivity contribution is 5.83. The fourth-order valence-electron chi connectivity index (χ4n) is 6.17. The number of hydrogen-bond donors (Lipinski definition) is 1. The molecule has 0 saturated carbocycles. The Labute approximate surface area is 331 Å². The number of carbonyl (C=O) groups excluding carboxylic acids is 6. The lowest BCUT2D eigenvalue weighted by molar-refractivity contribution is -0.308. The molecule has 1 amide bonds. The van der Waals surface area contributed by atoms with Crippen molar-refractivity contribution in [1.29, 1.82) is 0 Å². The molecule has 1 aliphatic heterocycles. The molecule has 1 aliphatic carbocycles. The second-order valence-electron chi connectivity index (χ2n) is 12.3. The van der Waals surface area contributed by atoms with Gasteiger partial charge in [0.2, 0.25) is 34.8 Å². The maximum atomic E-state index is 14.7. The molecule has 0 spiro atoms. The van der Waals surface area contributed by atoms with E-state index in [-0.39, 0.29) is 6.61 Å². The van der Waals surface area contributed by atoms with Crippen molar-refractivity contribution in [2.75, 3.05) is 19.8 Å². The summed E-state index contributed by atoms with van der Waals surface area (Å²) in [6, 6.07) is 12.0. The van der Waals surface area contributed by atoms with Crippen LogP contribution < -0.4 is 10.1 Å². The quantitative estimate of drug-likeness (QED) is 0.0642. The van der Waals surface area contributed by atoms with Gasteiger partial charge in [0.1, 0.15) is 19.3 Å². The molecule has 0 bridgehead atoms. The molecule has 310 valence electrons. The van der Waals surface area contributed by atoms with E-state index >= 15 is 0 Å². The van der Waals surface area contributed by atoms with E-state index in [1.165, 1.54) is 0 Å². The molecule has 3 aromatic carbocycles. The molecule has 1 fully saturated rings. The van der Waals surface area contributed by atoms with Crippen LogP contribution in [0.2, 0.25) is 0 Å². The van der Waals surface area contributed by atoms with Gasteiger partial charge in [-0.25, -0.2) is 22.8 Å². The molecule has 1 heterocycles. The minimum atomic E-state index is -2.59. The fraction of sp³-hybridized carbons (Fsp3) is 0.368. The summed E-state index contributed by atoms with van der Waals surface area (Å²) in [5, 5.41) is 2.00. The lowest BCUT2D eigenvalue weighted by atomic mass is 9.98. The molecule has 3 aromatic rings. The lowest BCUT2D eigenvalue weighted by Gasteiger charge is -2.44. The van der Waals surface area contributed by atoms with Gasteiger partial charge in [0.05, 0.1) is 6.61 Å². The first-order chi connectivity index (χ1) is 29.6. The van der Waals surface area contributed by atoms with E-state index < -0.39 is 154 Å². The van der Waals surface area contributed by atoms with Crippen molar-refractivity contribution < 1.29 is 94.1 Å². The molecule has 58 heavy (non-hydrogen) atoms. The number of amides is 1. The van der Waals surface area contributed by atoms with E-state index in [4.69, 9.17) is 38.6 Å². The molecule has 0 radical (unpaired) electrons. The van der Waals surface area contributed by atoms with Gasteiger partial charge in [-0.05, 0) is 22.3 Å². The zero-order valence-corrected chi connectivity index (χ0v) is 29.7. The summed E-state index contributed by atoms with van der Waals surface area (Å²) >= 11 is 0.